The third-order valence-electron chi connectivity index (χ3n) is 5.00. The molecule has 0 aliphatic heterocycles. The first-order valence-corrected chi connectivity index (χ1v) is 10.1. The molecule has 1 unspecified atom stereocenters. The van der Waals surface area contributed by atoms with E-state index in [0.717, 1.165) is 11.1 Å². The molecule has 9 heteroatoms. The Morgan fingerprint density at radius 3 is 2.41 bits per heavy atom. The number of aromatic nitrogens is 4. The van der Waals surface area contributed by atoms with Crippen LogP contribution >= 0.6 is 0 Å². The summed E-state index contributed by atoms with van der Waals surface area (Å²) >= 11 is 0. The van der Waals surface area contributed by atoms with Gasteiger partial charge in [0.25, 0.3) is 5.56 Å². The molecule has 2 N–H and O–H groups in total. The predicted molar refractivity (Wildman–Crippen MR) is 120 cm³/mol. The smallest absolute Gasteiger partial charge is 0.329 e. The van der Waals surface area contributed by atoms with Crippen LogP contribution in [0.1, 0.15) is 11.1 Å². The molecular weight excluding hydrogens is 412 g/mol. The zero-order valence-electron chi connectivity index (χ0n) is 18.0. The van der Waals surface area contributed by atoms with E-state index in [1.165, 1.54) is 16.2 Å². The van der Waals surface area contributed by atoms with E-state index < -0.39 is 17.4 Å². The van der Waals surface area contributed by atoms with Gasteiger partial charge in [0.05, 0.1) is 6.54 Å². The summed E-state index contributed by atoms with van der Waals surface area (Å²) in [5, 5.41) is 10.7. The summed E-state index contributed by atoms with van der Waals surface area (Å²) in [6.45, 7) is 3.85. The normalized spacial score (nSPS) is 12.1. The minimum Gasteiger partial charge on any atom is -0.491 e. The summed E-state index contributed by atoms with van der Waals surface area (Å²) in [6.07, 6.45) is -0.968. The fourth-order valence-electron chi connectivity index (χ4n) is 3.41. The van der Waals surface area contributed by atoms with Gasteiger partial charge >= 0.3 is 11.7 Å². The number of benzene rings is 2. The van der Waals surface area contributed by atoms with Crippen molar-refractivity contribution < 1.29 is 14.6 Å². The Kier molecular flexibility index (Phi) is 5.83. The van der Waals surface area contributed by atoms with Gasteiger partial charge in [0, 0.05) is 7.05 Å². The van der Waals surface area contributed by atoms with Gasteiger partial charge in [-0.05, 0) is 49.2 Å². The molecule has 9 nitrogen and oxygen atoms in total. The van der Waals surface area contributed by atoms with E-state index in [0.29, 0.717) is 11.5 Å². The molecule has 0 spiro atoms. The molecule has 1 atom stereocenters. The third kappa shape index (κ3) is 4.42. The van der Waals surface area contributed by atoms with Crippen LogP contribution in [0, 0.1) is 13.8 Å². The number of aliphatic hydroxyl groups excluding tert-OH is 1. The maximum Gasteiger partial charge on any atom is 0.329 e. The Labute approximate surface area is 183 Å². The Morgan fingerprint density at radius 1 is 1.06 bits per heavy atom. The molecule has 32 heavy (non-hydrogen) atoms. The van der Waals surface area contributed by atoms with Gasteiger partial charge in [0.2, 0.25) is 0 Å². The van der Waals surface area contributed by atoms with Crippen molar-refractivity contribution >= 4 is 11.2 Å². The molecule has 4 rings (SSSR count). The summed E-state index contributed by atoms with van der Waals surface area (Å²) in [5.41, 5.74) is 1.12. The minimum absolute atomic E-state index is 0.00329. The largest absolute Gasteiger partial charge is 0.491 e. The number of fused-ring (bicyclic) bond motifs is 1. The SMILES string of the molecule is Cc1cccc(OCC(O)Cn2c(Oc3cccc(C)c3)nc3c2c(=O)[nH]c(=O)n3C)c1. The molecule has 0 saturated carbocycles. The highest BCUT2D eigenvalue weighted by molar-refractivity contribution is 5.71. The fourth-order valence-corrected chi connectivity index (χ4v) is 3.41. The van der Waals surface area contributed by atoms with Crippen LogP contribution in [-0.4, -0.2) is 36.9 Å². The van der Waals surface area contributed by atoms with E-state index in [2.05, 4.69) is 9.97 Å². The standard InChI is InChI=1S/C23H24N4O5/c1-14-6-4-8-17(10-14)31-13-16(28)12-27-19-20(26(3)22(30)25-21(19)29)24-23(27)32-18-9-5-7-15(2)11-18/h4-11,16,28H,12-13H2,1-3H3,(H,25,29,30). The van der Waals surface area contributed by atoms with Gasteiger partial charge in [-0.1, -0.05) is 24.3 Å². The number of hydrogen-bond donors (Lipinski definition) is 2. The highest BCUT2D eigenvalue weighted by Crippen LogP contribution is 2.25. The molecule has 4 aromatic rings. The number of nitrogens with zero attached hydrogens (tertiary/aromatic N) is 3. The zero-order valence-corrected chi connectivity index (χ0v) is 18.0. The van der Waals surface area contributed by atoms with Crippen LogP contribution in [0.5, 0.6) is 17.5 Å². The zero-order chi connectivity index (χ0) is 22.8. The average Bonchev–Trinajstić information content (AvgIpc) is 3.09. The van der Waals surface area contributed by atoms with E-state index >= 15 is 0 Å². The summed E-state index contributed by atoms with van der Waals surface area (Å²) < 4.78 is 14.3. The number of aromatic amines is 1. The Bertz CT molecular complexity index is 1390. The van der Waals surface area contributed by atoms with Crippen molar-refractivity contribution in [3.63, 3.8) is 0 Å². The van der Waals surface area contributed by atoms with Crippen molar-refractivity contribution in [3.05, 3.63) is 80.5 Å². The van der Waals surface area contributed by atoms with Gasteiger partial charge in [0.1, 0.15) is 24.2 Å². The minimum atomic E-state index is -0.968. The number of imidazole rings is 1. The number of aryl methyl sites for hydroxylation is 3. The topological polar surface area (TPSA) is 111 Å². The molecule has 0 amide bonds. The molecule has 166 valence electrons. The molecular formula is C23H24N4O5. The van der Waals surface area contributed by atoms with E-state index in [9.17, 15) is 14.7 Å². The number of ether oxygens (including phenoxy) is 2. The Hall–Kier alpha value is -3.85. The lowest BCUT2D eigenvalue weighted by Gasteiger charge is -2.15. The number of rotatable bonds is 7. The number of aliphatic hydroxyl groups is 1. The fraction of sp³-hybridized carbons (Fsp3) is 0.261. The van der Waals surface area contributed by atoms with Gasteiger partial charge in [-0.15, -0.1) is 0 Å². The lowest BCUT2D eigenvalue weighted by molar-refractivity contribution is 0.0915. The lowest BCUT2D eigenvalue weighted by Crippen LogP contribution is -2.30. The van der Waals surface area contributed by atoms with Gasteiger partial charge in [-0.3, -0.25) is 18.9 Å². The van der Waals surface area contributed by atoms with Gasteiger partial charge in [-0.2, -0.15) is 4.98 Å². The van der Waals surface area contributed by atoms with Gasteiger partial charge in [-0.25, -0.2) is 4.79 Å². The average molecular weight is 436 g/mol. The summed E-state index contributed by atoms with van der Waals surface area (Å²) in [6, 6.07) is 14.9. The number of hydrogen-bond acceptors (Lipinski definition) is 6. The highest BCUT2D eigenvalue weighted by Gasteiger charge is 2.21. The molecule has 2 aromatic carbocycles. The first-order chi connectivity index (χ1) is 15.3. The van der Waals surface area contributed by atoms with E-state index in [4.69, 9.17) is 9.47 Å². The van der Waals surface area contributed by atoms with Crippen LogP contribution in [0.2, 0.25) is 0 Å². The lowest BCUT2D eigenvalue weighted by atomic mass is 10.2. The van der Waals surface area contributed by atoms with E-state index in [1.807, 2.05) is 50.2 Å². The van der Waals surface area contributed by atoms with Crippen LogP contribution in [0.25, 0.3) is 11.2 Å². The molecule has 0 aliphatic carbocycles. The van der Waals surface area contributed by atoms with Crippen molar-refractivity contribution in [2.24, 2.45) is 7.05 Å². The first kappa shape index (κ1) is 21.4. The Morgan fingerprint density at radius 2 is 1.72 bits per heavy atom. The van der Waals surface area contributed by atoms with Crippen LogP contribution < -0.4 is 20.7 Å². The van der Waals surface area contributed by atoms with Crippen molar-refractivity contribution in [3.8, 4) is 17.5 Å². The van der Waals surface area contributed by atoms with Crippen LogP contribution in [0.15, 0.2) is 58.1 Å². The second-order valence-corrected chi connectivity index (χ2v) is 7.70. The van der Waals surface area contributed by atoms with Crippen molar-refractivity contribution in [2.45, 2.75) is 26.5 Å². The third-order valence-corrected chi connectivity index (χ3v) is 5.00. The number of H-pyrrole nitrogens is 1. The molecule has 2 heterocycles. The molecule has 0 fully saturated rings. The van der Waals surface area contributed by atoms with Crippen LogP contribution in [0.3, 0.4) is 0 Å². The van der Waals surface area contributed by atoms with Crippen molar-refractivity contribution in [1.82, 2.24) is 19.1 Å². The van der Waals surface area contributed by atoms with Crippen molar-refractivity contribution in [2.75, 3.05) is 6.61 Å². The maximum absolute atomic E-state index is 12.6. The summed E-state index contributed by atoms with van der Waals surface area (Å²) in [4.78, 5) is 31.3. The second kappa shape index (κ2) is 8.72. The first-order valence-electron chi connectivity index (χ1n) is 10.1. The number of nitrogens with one attached hydrogen (secondary N) is 1. The molecule has 2 aromatic heterocycles. The summed E-state index contributed by atoms with van der Waals surface area (Å²) in [7, 11) is 1.51. The molecule has 0 saturated heterocycles. The monoisotopic (exact) mass is 436 g/mol. The second-order valence-electron chi connectivity index (χ2n) is 7.70. The molecule has 0 radical (unpaired) electrons. The van der Waals surface area contributed by atoms with Gasteiger partial charge in [0.15, 0.2) is 11.2 Å². The highest BCUT2D eigenvalue weighted by atomic mass is 16.5. The van der Waals surface area contributed by atoms with E-state index in [1.54, 1.807) is 12.1 Å². The molecule has 0 bridgehead atoms. The van der Waals surface area contributed by atoms with Gasteiger partial charge < -0.3 is 14.6 Å². The van der Waals surface area contributed by atoms with E-state index in [-0.39, 0.29) is 30.3 Å². The maximum atomic E-state index is 12.6. The van der Waals surface area contributed by atoms with Crippen LogP contribution in [-0.2, 0) is 13.6 Å². The predicted octanol–water partition coefficient (Wildman–Crippen LogP) is 2.27. The molecule has 0 aliphatic rings. The Balaban J connectivity index is 1.68. The summed E-state index contributed by atoms with van der Waals surface area (Å²) in [5.74, 6) is 1.16. The van der Waals surface area contributed by atoms with Crippen molar-refractivity contribution in [1.29, 1.82) is 0 Å². The van der Waals surface area contributed by atoms with Crippen LogP contribution in [0.4, 0.5) is 0 Å². The quantitative estimate of drug-likeness (QED) is 0.460.